The van der Waals surface area contributed by atoms with Crippen LogP contribution in [0.1, 0.15) is 25.0 Å². The van der Waals surface area contributed by atoms with Crippen molar-refractivity contribution in [1.29, 1.82) is 0 Å². The molecule has 54 heavy (non-hydrogen) atoms. The minimum atomic E-state index is -0.331. The summed E-state index contributed by atoms with van der Waals surface area (Å²) < 4.78 is 47.9. The minimum absolute atomic E-state index is 0.147. The number of nitrogens with zero attached hydrogens (tertiary/aromatic N) is 4. The van der Waals surface area contributed by atoms with Gasteiger partial charge in [0.1, 0.15) is 43.5 Å². The van der Waals surface area contributed by atoms with Gasteiger partial charge in [-0.2, -0.15) is 9.97 Å². The Balaban J connectivity index is 0.000000171. The van der Waals surface area contributed by atoms with E-state index in [4.69, 9.17) is 37.9 Å². The topological polar surface area (TPSA) is 164 Å². The summed E-state index contributed by atoms with van der Waals surface area (Å²) >= 11 is 0. The fraction of sp³-hybridized carbons (Fsp3) is 0.487. The molecule has 15 heteroatoms. The predicted octanol–water partition coefficient (Wildman–Crippen LogP) is 3.03. The second-order valence-electron chi connectivity index (χ2n) is 13.5. The molecule has 0 radical (unpaired) electrons. The van der Waals surface area contributed by atoms with Crippen LogP contribution in [0.4, 0.5) is 0 Å². The number of rotatable bonds is 11. The van der Waals surface area contributed by atoms with E-state index in [0.29, 0.717) is 91.5 Å². The average molecular weight is 747 g/mol. The highest BCUT2D eigenvalue weighted by Crippen LogP contribution is 2.33. The van der Waals surface area contributed by atoms with E-state index in [1.807, 2.05) is 44.2 Å². The number of aromatic hydroxyl groups is 1. The SMILES string of the molecule is CC(C)OCCOc1ccc2c(c1)CCn1c-2cc(OC[C@H]2COCCO2)nc1=O.O=c1nc(OC[C@H]2COCCO2)cc2n1CCc1cc(O)ccc1-2. The van der Waals surface area contributed by atoms with Gasteiger partial charge >= 0.3 is 11.4 Å². The van der Waals surface area contributed by atoms with Gasteiger partial charge in [0.2, 0.25) is 11.8 Å². The second-order valence-corrected chi connectivity index (χ2v) is 13.5. The number of hydrogen-bond acceptors (Lipinski definition) is 13. The van der Waals surface area contributed by atoms with Crippen LogP contribution in [0.15, 0.2) is 58.1 Å². The zero-order chi connectivity index (χ0) is 37.4. The summed E-state index contributed by atoms with van der Waals surface area (Å²) in [5, 5.41) is 9.64. The Morgan fingerprint density at radius 3 is 1.81 bits per heavy atom. The monoisotopic (exact) mass is 746 g/mol. The Morgan fingerprint density at radius 1 is 0.722 bits per heavy atom. The number of phenols is 1. The van der Waals surface area contributed by atoms with Gasteiger partial charge in [-0.05, 0) is 74.2 Å². The Labute approximate surface area is 312 Å². The number of phenolic OH excluding ortho intramolecular Hbond substituents is 1. The molecule has 15 nitrogen and oxygen atoms in total. The molecule has 0 spiro atoms. The number of hydrogen-bond donors (Lipinski definition) is 1. The Kier molecular flexibility index (Phi) is 12.2. The summed E-state index contributed by atoms with van der Waals surface area (Å²) in [4.78, 5) is 32.9. The van der Waals surface area contributed by atoms with Crippen molar-refractivity contribution in [2.75, 3.05) is 66.1 Å². The molecule has 2 saturated heterocycles. The third-order valence-electron chi connectivity index (χ3n) is 9.31. The van der Waals surface area contributed by atoms with Crippen LogP contribution in [0.2, 0.25) is 0 Å². The van der Waals surface area contributed by atoms with Gasteiger partial charge in [0, 0.05) is 36.3 Å². The number of ether oxygens (including phenoxy) is 8. The first-order chi connectivity index (χ1) is 26.3. The van der Waals surface area contributed by atoms with Gasteiger partial charge in [-0.3, -0.25) is 9.13 Å². The normalized spacial score (nSPS) is 18.6. The lowest BCUT2D eigenvalue weighted by Crippen LogP contribution is -2.34. The van der Waals surface area contributed by atoms with E-state index < -0.39 is 0 Å². The van der Waals surface area contributed by atoms with Gasteiger partial charge in [0.25, 0.3) is 0 Å². The van der Waals surface area contributed by atoms with Crippen LogP contribution in [-0.4, -0.2) is 109 Å². The van der Waals surface area contributed by atoms with Crippen LogP contribution in [0.5, 0.6) is 23.3 Å². The first-order valence-electron chi connectivity index (χ1n) is 18.4. The van der Waals surface area contributed by atoms with Gasteiger partial charge in [-0.25, -0.2) is 9.59 Å². The Hall–Kier alpha value is -4.80. The van der Waals surface area contributed by atoms with Crippen molar-refractivity contribution in [3.05, 3.63) is 80.6 Å². The van der Waals surface area contributed by atoms with Crippen molar-refractivity contribution < 1.29 is 43.0 Å². The molecule has 1 N–H and O–H groups in total. The molecular weight excluding hydrogens is 700 g/mol. The summed E-state index contributed by atoms with van der Waals surface area (Å²) in [7, 11) is 0. The molecule has 8 rings (SSSR count). The molecule has 2 fully saturated rings. The number of aromatic nitrogens is 4. The van der Waals surface area contributed by atoms with E-state index in [1.165, 1.54) is 0 Å². The molecule has 0 unspecified atom stereocenters. The second kappa shape index (κ2) is 17.6. The molecule has 0 saturated carbocycles. The highest BCUT2D eigenvalue weighted by molar-refractivity contribution is 5.68. The van der Waals surface area contributed by atoms with E-state index in [2.05, 4.69) is 9.97 Å². The maximum atomic E-state index is 12.5. The molecule has 288 valence electrons. The summed E-state index contributed by atoms with van der Waals surface area (Å²) in [5.41, 5.74) is 4.98. The quantitative estimate of drug-likeness (QED) is 0.223. The van der Waals surface area contributed by atoms with Gasteiger partial charge in [-0.15, -0.1) is 0 Å². The summed E-state index contributed by atoms with van der Waals surface area (Å²) in [6.07, 6.45) is 1.33. The van der Waals surface area contributed by atoms with Gasteiger partial charge in [0.05, 0.1) is 63.7 Å². The van der Waals surface area contributed by atoms with Crippen LogP contribution in [0.3, 0.4) is 0 Å². The van der Waals surface area contributed by atoms with Gasteiger partial charge < -0.3 is 43.0 Å². The largest absolute Gasteiger partial charge is 0.508 e. The minimum Gasteiger partial charge on any atom is -0.508 e. The van der Waals surface area contributed by atoms with Crippen LogP contribution in [0.25, 0.3) is 22.5 Å². The first kappa shape index (κ1) is 37.5. The maximum absolute atomic E-state index is 12.5. The van der Waals surface area contributed by atoms with E-state index in [0.717, 1.165) is 45.8 Å². The van der Waals surface area contributed by atoms with Crippen LogP contribution >= 0.6 is 0 Å². The summed E-state index contributed by atoms with van der Waals surface area (Å²) in [6, 6.07) is 14.7. The van der Waals surface area contributed by atoms with E-state index in [9.17, 15) is 14.7 Å². The summed E-state index contributed by atoms with van der Waals surface area (Å²) in [5.74, 6) is 1.61. The van der Waals surface area contributed by atoms with Crippen LogP contribution in [-0.2, 0) is 49.6 Å². The smallest absolute Gasteiger partial charge is 0.351 e. The fourth-order valence-electron chi connectivity index (χ4n) is 6.68. The molecule has 4 aliphatic rings. The lowest BCUT2D eigenvalue weighted by atomic mass is 9.97. The third-order valence-corrected chi connectivity index (χ3v) is 9.31. The zero-order valence-corrected chi connectivity index (χ0v) is 30.6. The highest BCUT2D eigenvalue weighted by atomic mass is 16.6. The lowest BCUT2D eigenvalue weighted by Gasteiger charge is -2.24. The van der Waals surface area contributed by atoms with Crippen LogP contribution < -0.4 is 25.6 Å². The van der Waals surface area contributed by atoms with E-state index in [1.54, 1.807) is 27.3 Å². The van der Waals surface area contributed by atoms with Crippen molar-refractivity contribution in [1.82, 2.24) is 19.1 Å². The lowest BCUT2D eigenvalue weighted by molar-refractivity contribution is -0.102. The predicted molar refractivity (Wildman–Crippen MR) is 196 cm³/mol. The number of fused-ring (bicyclic) bond motifs is 6. The summed E-state index contributed by atoms with van der Waals surface area (Å²) in [6.45, 7) is 10.0. The average Bonchev–Trinajstić information content (AvgIpc) is 3.18. The zero-order valence-electron chi connectivity index (χ0n) is 30.6. The molecule has 4 aromatic rings. The number of benzene rings is 2. The van der Waals surface area contributed by atoms with Crippen molar-refractivity contribution in [3.63, 3.8) is 0 Å². The molecule has 0 bridgehead atoms. The van der Waals surface area contributed by atoms with Crippen molar-refractivity contribution in [2.24, 2.45) is 0 Å². The van der Waals surface area contributed by atoms with Crippen molar-refractivity contribution in [2.45, 2.75) is 58.1 Å². The van der Waals surface area contributed by atoms with E-state index in [-0.39, 0.29) is 41.3 Å². The fourth-order valence-corrected chi connectivity index (χ4v) is 6.68. The first-order valence-corrected chi connectivity index (χ1v) is 18.4. The molecule has 4 aliphatic heterocycles. The van der Waals surface area contributed by atoms with Gasteiger partial charge in [0.15, 0.2) is 0 Å². The third kappa shape index (κ3) is 9.28. The standard InChI is InChI=1S/C22H28N2O6.C17H18N2O5/c1-15(2)27-9-10-28-17-3-4-19-16(11-17)5-6-24-20(19)12-21(23-22(24)25)30-14-18-13-26-7-8-29-18;20-12-1-2-14-11(7-12)3-4-19-15(14)8-16(18-17(19)21)24-10-13-9-22-5-6-23-13/h3-4,11-12,15,18H,5-10,13-14H2,1-2H3;1-2,7-8,13,20H,3-6,9-10H2/t18-;13-/m11/s1. The Morgan fingerprint density at radius 2 is 1.28 bits per heavy atom. The number of aryl methyl sites for hydroxylation is 2. The molecular formula is C39H46N4O11. The maximum Gasteiger partial charge on any atom is 0.351 e. The molecule has 0 aliphatic carbocycles. The highest BCUT2D eigenvalue weighted by Gasteiger charge is 2.23. The Bertz CT molecular complexity index is 2020. The van der Waals surface area contributed by atoms with Crippen LogP contribution in [0, 0.1) is 0 Å². The molecule has 6 heterocycles. The molecule has 2 aromatic carbocycles. The van der Waals surface area contributed by atoms with Gasteiger partial charge in [-0.1, -0.05) is 0 Å². The van der Waals surface area contributed by atoms with Crippen molar-refractivity contribution in [3.8, 4) is 45.8 Å². The molecule has 2 aromatic heterocycles. The van der Waals surface area contributed by atoms with E-state index >= 15 is 0 Å². The molecule has 0 amide bonds. The molecule has 2 atom stereocenters. The van der Waals surface area contributed by atoms with Crippen molar-refractivity contribution >= 4 is 0 Å².